The summed E-state index contributed by atoms with van der Waals surface area (Å²) in [5, 5.41) is 0. The molecular weight excluding hydrogens is 206 g/mol. The highest BCUT2D eigenvalue weighted by Crippen LogP contribution is 2.36. The van der Waals surface area contributed by atoms with Gasteiger partial charge >= 0.3 is 0 Å². The SMILES string of the molecule is CC(C)(C)CC(C)(C)CCC[n+]1ccccc1. The second-order valence-electron chi connectivity index (χ2n) is 7.12. The van der Waals surface area contributed by atoms with Gasteiger partial charge in [0.2, 0.25) is 0 Å². The minimum absolute atomic E-state index is 0.434. The van der Waals surface area contributed by atoms with Crippen molar-refractivity contribution in [2.45, 2.75) is 60.4 Å². The molecule has 0 N–H and O–H groups in total. The lowest BCUT2D eigenvalue weighted by Gasteiger charge is -2.32. The summed E-state index contributed by atoms with van der Waals surface area (Å²) < 4.78 is 2.27. The average molecular weight is 234 g/mol. The molecule has 1 aromatic rings. The zero-order valence-corrected chi connectivity index (χ0v) is 12.2. The molecule has 1 heteroatoms. The Kier molecular flexibility index (Phi) is 4.73. The number of rotatable bonds is 5. The first kappa shape index (κ1) is 14.2. The minimum atomic E-state index is 0.434. The van der Waals surface area contributed by atoms with Gasteiger partial charge in [0.15, 0.2) is 12.4 Å². The van der Waals surface area contributed by atoms with E-state index in [1.807, 2.05) is 0 Å². The molecule has 1 rings (SSSR count). The van der Waals surface area contributed by atoms with E-state index in [2.05, 4.69) is 69.8 Å². The Morgan fingerprint density at radius 1 is 0.882 bits per heavy atom. The van der Waals surface area contributed by atoms with E-state index in [0.717, 1.165) is 6.54 Å². The largest absolute Gasteiger partial charge is 0.205 e. The van der Waals surface area contributed by atoms with Crippen molar-refractivity contribution >= 4 is 0 Å². The molecule has 0 amide bonds. The molecule has 0 radical (unpaired) electrons. The molecule has 1 aromatic heterocycles. The number of hydrogen-bond acceptors (Lipinski definition) is 0. The summed E-state index contributed by atoms with van der Waals surface area (Å²) in [6.45, 7) is 12.9. The van der Waals surface area contributed by atoms with E-state index < -0.39 is 0 Å². The summed E-state index contributed by atoms with van der Waals surface area (Å²) in [6.07, 6.45) is 8.15. The Labute approximate surface area is 107 Å². The van der Waals surface area contributed by atoms with Gasteiger partial charge in [-0.05, 0) is 23.7 Å². The summed E-state index contributed by atoms with van der Waals surface area (Å²) in [6, 6.07) is 6.26. The molecule has 1 nitrogen and oxygen atoms in total. The predicted molar refractivity (Wildman–Crippen MR) is 73.7 cm³/mol. The molecule has 0 aliphatic carbocycles. The van der Waals surface area contributed by atoms with Crippen molar-refractivity contribution in [3.05, 3.63) is 30.6 Å². The van der Waals surface area contributed by atoms with Gasteiger partial charge in [0.1, 0.15) is 6.54 Å². The average Bonchev–Trinajstić information content (AvgIpc) is 2.15. The Morgan fingerprint density at radius 2 is 1.47 bits per heavy atom. The molecule has 0 saturated carbocycles. The van der Waals surface area contributed by atoms with Crippen molar-refractivity contribution in [1.29, 1.82) is 0 Å². The standard InChI is InChI=1S/C16H28N/c1-15(2,3)14-16(4,5)10-9-13-17-11-7-6-8-12-17/h6-8,11-12H,9-10,13-14H2,1-5H3/q+1. The van der Waals surface area contributed by atoms with E-state index in [1.165, 1.54) is 19.3 Å². The fourth-order valence-electron chi connectivity index (χ4n) is 2.85. The van der Waals surface area contributed by atoms with Crippen molar-refractivity contribution in [2.75, 3.05) is 0 Å². The minimum Gasteiger partial charge on any atom is -0.205 e. The van der Waals surface area contributed by atoms with Crippen LogP contribution in [0.5, 0.6) is 0 Å². The number of hydrogen-bond donors (Lipinski definition) is 0. The van der Waals surface area contributed by atoms with Crippen molar-refractivity contribution < 1.29 is 4.57 Å². The number of nitrogens with zero attached hydrogens (tertiary/aromatic N) is 1. The summed E-state index contributed by atoms with van der Waals surface area (Å²) >= 11 is 0. The fraction of sp³-hybridized carbons (Fsp3) is 0.688. The lowest BCUT2D eigenvalue weighted by molar-refractivity contribution is -0.697. The molecule has 0 aromatic carbocycles. The molecule has 1 heterocycles. The Hall–Kier alpha value is -0.850. The first-order chi connectivity index (χ1) is 7.79. The highest BCUT2D eigenvalue weighted by Gasteiger charge is 2.25. The van der Waals surface area contributed by atoms with Crippen LogP contribution >= 0.6 is 0 Å². The van der Waals surface area contributed by atoms with Crippen molar-refractivity contribution in [2.24, 2.45) is 10.8 Å². The molecule has 0 unspecified atom stereocenters. The molecule has 0 spiro atoms. The molecule has 0 bridgehead atoms. The van der Waals surface area contributed by atoms with Gasteiger partial charge in [-0.15, -0.1) is 0 Å². The smallest absolute Gasteiger partial charge is 0.168 e. The third-order valence-electron chi connectivity index (χ3n) is 3.06. The Balaban J connectivity index is 2.35. The van der Waals surface area contributed by atoms with Gasteiger partial charge in [-0.2, -0.15) is 0 Å². The fourth-order valence-corrected chi connectivity index (χ4v) is 2.85. The number of aryl methyl sites for hydroxylation is 1. The van der Waals surface area contributed by atoms with Crippen LogP contribution in [0.2, 0.25) is 0 Å². The maximum atomic E-state index is 2.40. The van der Waals surface area contributed by atoms with Gasteiger partial charge in [0, 0.05) is 18.6 Å². The van der Waals surface area contributed by atoms with E-state index >= 15 is 0 Å². The summed E-state index contributed by atoms with van der Waals surface area (Å²) in [4.78, 5) is 0. The van der Waals surface area contributed by atoms with Crippen LogP contribution in [0, 0.1) is 10.8 Å². The van der Waals surface area contributed by atoms with Crippen molar-refractivity contribution in [3.8, 4) is 0 Å². The highest BCUT2D eigenvalue weighted by molar-refractivity contribution is 4.83. The van der Waals surface area contributed by atoms with Gasteiger partial charge in [-0.25, -0.2) is 4.57 Å². The van der Waals surface area contributed by atoms with Crippen LogP contribution < -0.4 is 4.57 Å². The second-order valence-corrected chi connectivity index (χ2v) is 7.12. The molecule has 0 fully saturated rings. The van der Waals surface area contributed by atoms with E-state index in [1.54, 1.807) is 0 Å². The Bertz CT molecular complexity index is 319. The maximum absolute atomic E-state index is 2.40. The second kappa shape index (κ2) is 5.66. The zero-order chi connectivity index (χ0) is 12.9. The summed E-state index contributed by atoms with van der Waals surface area (Å²) in [5.41, 5.74) is 0.886. The van der Waals surface area contributed by atoms with Gasteiger partial charge < -0.3 is 0 Å². The first-order valence-electron chi connectivity index (χ1n) is 6.73. The molecular formula is C16H28N+. The normalized spacial score (nSPS) is 12.8. The van der Waals surface area contributed by atoms with Gasteiger partial charge in [0.05, 0.1) is 0 Å². The molecule has 96 valence electrons. The molecule has 17 heavy (non-hydrogen) atoms. The molecule has 0 saturated heterocycles. The van der Waals surface area contributed by atoms with Gasteiger partial charge in [-0.1, -0.05) is 40.7 Å². The topological polar surface area (TPSA) is 3.88 Å². The van der Waals surface area contributed by atoms with Crippen LogP contribution in [-0.4, -0.2) is 0 Å². The predicted octanol–water partition coefficient (Wildman–Crippen LogP) is 4.22. The zero-order valence-electron chi connectivity index (χ0n) is 12.2. The van der Waals surface area contributed by atoms with Crippen LogP contribution in [0.25, 0.3) is 0 Å². The van der Waals surface area contributed by atoms with E-state index in [4.69, 9.17) is 0 Å². The van der Waals surface area contributed by atoms with E-state index in [0.29, 0.717) is 10.8 Å². The van der Waals surface area contributed by atoms with E-state index in [9.17, 15) is 0 Å². The van der Waals surface area contributed by atoms with Crippen LogP contribution in [-0.2, 0) is 6.54 Å². The Morgan fingerprint density at radius 3 is 2.00 bits per heavy atom. The molecule has 0 aliphatic rings. The van der Waals surface area contributed by atoms with Crippen molar-refractivity contribution in [3.63, 3.8) is 0 Å². The number of aromatic nitrogens is 1. The van der Waals surface area contributed by atoms with Crippen LogP contribution in [0.15, 0.2) is 30.6 Å². The van der Waals surface area contributed by atoms with Crippen LogP contribution in [0.1, 0.15) is 53.9 Å². The van der Waals surface area contributed by atoms with Crippen LogP contribution in [0.3, 0.4) is 0 Å². The molecule has 0 aliphatic heterocycles. The van der Waals surface area contributed by atoms with Crippen molar-refractivity contribution in [1.82, 2.24) is 0 Å². The monoisotopic (exact) mass is 234 g/mol. The highest BCUT2D eigenvalue weighted by atomic mass is 14.9. The van der Waals surface area contributed by atoms with Gasteiger partial charge in [0.25, 0.3) is 0 Å². The van der Waals surface area contributed by atoms with Gasteiger partial charge in [-0.3, -0.25) is 0 Å². The van der Waals surface area contributed by atoms with E-state index in [-0.39, 0.29) is 0 Å². The molecule has 0 atom stereocenters. The number of pyridine rings is 1. The van der Waals surface area contributed by atoms with Crippen LogP contribution in [0.4, 0.5) is 0 Å². The third-order valence-corrected chi connectivity index (χ3v) is 3.06. The lowest BCUT2D eigenvalue weighted by atomic mass is 9.74. The third kappa shape index (κ3) is 6.45. The summed E-state index contributed by atoms with van der Waals surface area (Å²) in [7, 11) is 0. The summed E-state index contributed by atoms with van der Waals surface area (Å²) in [5.74, 6) is 0. The quantitative estimate of drug-likeness (QED) is 0.672. The lowest BCUT2D eigenvalue weighted by Crippen LogP contribution is -2.33. The first-order valence-corrected chi connectivity index (χ1v) is 6.73. The maximum Gasteiger partial charge on any atom is 0.168 e.